The maximum absolute atomic E-state index is 13.8. The quantitative estimate of drug-likeness (QED) is 0.677. The van der Waals surface area contributed by atoms with Crippen LogP contribution in [0.2, 0.25) is 0 Å². The minimum absolute atomic E-state index is 0.0941. The van der Waals surface area contributed by atoms with Crippen LogP contribution in [0.3, 0.4) is 0 Å². The summed E-state index contributed by atoms with van der Waals surface area (Å²) in [6.07, 6.45) is 2.39. The Labute approximate surface area is 176 Å². The van der Waals surface area contributed by atoms with E-state index in [1.54, 1.807) is 6.20 Å². The van der Waals surface area contributed by atoms with Crippen molar-refractivity contribution >= 4 is 29.4 Å². The van der Waals surface area contributed by atoms with E-state index in [1.807, 2.05) is 0 Å². The molecule has 158 valence electrons. The average Bonchev–Trinajstić information content (AvgIpc) is 3.32. The molecule has 3 N–H and O–H groups in total. The highest BCUT2D eigenvalue weighted by Crippen LogP contribution is 2.26. The number of hydrogen-bond donors (Lipinski definition) is 3. The van der Waals surface area contributed by atoms with Gasteiger partial charge in [-0.1, -0.05) is 11.6 Å². The van der Waals surface area contributed by atoms with Gasteiger partial charge in [-0.3, -0.25) is 4.79 Å². The molecule has 7 nitrogen and oxygen atoms in total. The summed E-state index contributed by atoms with van der Waals surface area (Å²) in [5, 5.41) is 14.6. The van der Waals surface area contributed by atoms with E-state index in [1.165, 1.54) is 23.2 Å². The van der Waals surface area contributed by atoms with E-state index in [-0.39, 0.29) is 55.2 Å². The molecule has 3 heterocycles. The molecule has 1 aromatic rings. The Hall–Kier alpha value is -2.78. The number of halogens is 3. The summed E-state index contributed by atoms with van der Waals surface area (Å²) >= 11 is 5.84. The summed E-state index contributed by atoms with van der Waals surface area (Å²) in [5.41, 5.74) is 1.02. The minimum atomic E-state index is -0.935. The van der Waals surface area contributed by atoms with E-state index < -0.39 is 12.0 Å². The van der Waals surface area contributed by atoms with Crippen molar-refractivity contribution < 1.29 is 18.3 Å². The predicted molar refractivity (Wildman–Crippen MR) is 109 cm³/mol. The zero-order valence-electron chi connectivity index (χ0n) is 15.9. The molecule has 2 unspecified atom stereocenters. The van der Waals surface area contributed by atoms with Crippen LogP contribution >= 0.6 is 11.6 Å². The van der Waals surface area contributed by atoms with E-state index in [2.05, 4.69) is 15.6 Å². The molecule has 3 aliphatic heterocycles. The monoisotopic (exact) mass is 435 g/mol. The van der Waals surface area contributed by atoms with Crippen molar-refractivity contribution in [3.8, 4) is 5.75 Å². The second-order valence-corrected chi connectivity index (χ2v) is 7.72. The Kier molecular flexibility index (Phi) is 5.83. The molecule has 0 spiro atoms. The number of carbonyl (C=O) groups is 1. The minimum Gasteiger partial charge on any atom is -0.491 e. The normalized spacial score (nSPS) is 26.0. The fourth-order valence-corrected chi connectivity index (χ4v) is 3.65. The number of rotatable bonds is 4. The number of amides is 1. The average molecular weight is 436 g/mol. The van der Waals surface area contributed by atoms with E-state index >= 15 is 0 Å². The SMILES string of the molecule is N=C1CN(C(=O)c2ccc(F)cc2OCC2CC(F)CN2)C/C1=C1\N=CC(Cl)=CN1. The van der Waals surface area contributed by atoms with Gasteiger partial charge in [0, 0.05) is 36.6 Å². The molecule has 2 atom stereocenters. The van der Waals surface area contributed by atoms with Gasteiger partial charge in [-0.2, -0.15) is 0 Å². The Balaban J connectivity index is 1.50. The zero-order chi connectivity index (χ0) is 21.3. The van der Waals surface area contributed by atoms with Crippen molar-refractivity contribution in [1.82, 2.24) is 15.5 Å². The number of hydrogen-bond acceptors (Lipinski definition) is 6. The number of allylic oxidation sites excluding steroid dienone is 1. The van der Waals surface area contributed by atoms with Gasteiger partial charge < -0.3 is 25.7 Å². The largest absolute Gasteiger partial charge is 0.491 e. The first-order chi connectivity index (χ1) is 14.4. The van der Waals surface area contributed by atoms with Crippen LogP contribution in [0.5, 0.6) is 5.75 Å². The third-order valence-electron chi connectivity index (χ3n) is 5.08. The standard InChI is InChI=1S/C20H20ClF2N5O2/c21-11-5-26-19(27-6-11)16-8-28(9-17(16)24)20(29)15-2-1-12(22)4-18(15)30-10-14-3-13(23)7-25-14/h1-2,4-6,13-14,24-26H,3,7-10H2/b19-16+,24-17?. The van der Waals surface area contributed by atoms with Crippen molar-refractivity contribution in [2.75, 3.05) is 26.2 Å². The molecule has 4 rings (SSSR count). The maximum atomic E-state index is 13.8. The number of carbonyl (C=O) groups excluding carboxylic acids is 1. The third kappa shape index (κ3) is 4.36. The lowest BCUT2D eigenvalue weighted by atomic mass is 10.1. The first-order valence-electron chi connectivity index (χ1n) is 9.47. The van der Waals surface area contributed by atoms with Gasteiger partial charge in [-0.05, 0) is 18.6 Å². The van der Waals surface area contributed by atoms with Crippen LogP contribution in [-0.4, -0.2) is 61.2 Å². The van der Waals surface area contributed by atoms with Gasteiger partial charge in [0.1, 0.15) is 30.2 Å². The molecule has 0 saturated carbocycles. The molecule has 3 aliphatic rings. The topological polar surface area (TPSA) is 89.8 Å². The Morgan fingerprint density at radius 2 is 2.23 bits per heavy atom. The van der Waals surface area contributed by atoms with Crippen LogP contribution in [0.1, 0.15) is 16.8 Å². The molecule has 0 aromatic heterocycles. The molecule has 0 bridgehead atoms. The smallest absolute Gasteiger partial charge is 0.258 e. The number of nitrogens with one attached hydrogen (secondary N) is 3. The van der Waals surface area contributed by atoms with Crippen molar-refractivity contribution in [1.29, 1.82) is 5.41 Å². The Morgan fingerprint density at radius 1 is 1.40 bits per heavy atom. The number of alkyl halides is 1. The van der Waals surface area contributed by atoms with Gasteiger partial charge in [0.2, 0.25) is 0 Å². The van der Waals surface area contributed by atoms with E-state index in [4.69, 9.17) is 21.7 Å². The second kappa shape index (κ2) is 8.53. The molecule has 1 amide bonds. The van der Waals surface area contributed by atoms with Gasteiger partial charge in [0.25, 0.3) is 5.91 Å². The molecule has 2 saturated heterocycles. The van der Waals surface area contributed by atoms with Gasteiger partial charge in [-0.15, -0.1) is 0 Å². The molecule has 0 aliphatic carbocycles. The molecule has 2 fully saturated rings. The van der Waals surface area contributed by atoms with Crippen molar-refractivity contribution in [3.05, 3.63) is 52.2 Å². The molecular formula is C20H20ClF2N5O2. The highest BCUT2D eigenvalue weighted by Gasteiger charge is 2.31. The second-order valence-electron chi connectivity index (χ2n) is 7.29. The molecule has 10 heteroatoms. The summed E-state index contributed by atoms with van der Waals surface area (Å²) < 4.78 is 32.8. The van der Waals surface area contributed by atoms with Crippen LogP contribution in [0.25, 0.3) is 0 Å². The summed E-state index contributed by atoms with van der Waals surface area (Å²) in [4.78, 5) is 18.7. The predicted octanol–water partition coefficient (Wildman–Crippen LogP) is 2.35. The highest BCUT2D eigenvalue weighted by atomic mass is 35.5. The van der Waals surface area contributed by atoms with Crippen molar-refractivity contribution in [2.45, 2.75) is 18.6 Å². The van der Waals surface area contributed by atoms with Crippen LogP contribution in [0, 0.1) is 11.2 Å². The summed E-state index contributed by atoms with van der Waals surface area (Å²) in [5.74, 6) is -0.365. The molecule has 30 heavy (non-hydrogen) atoms. The van der Waals surface area contributed by atoms with Crippen LogP contribution in [0.4, 0.5) is 8.78 Å². The number of benzene rings is 1. The van der Waals surface area contributed by atoms with Gasteiger partial charge in [0.05, 0.1) is 29.4 Å². The fourth-order valence-electron chi connectivity index (χ4n) is 3.54. The summed E-state index contributed by atoms with van der Waals surface area (Å²) in [6.45, 7) is 0.651. The fraction of sp³-hybridized carbons (Fsp3) is 0.350. The first-order valence-corrected chi connectivity index (χ1v) is 9.85. The van der Waals surface area contributed by atoms with Crippen LogP contribution in [0.15, 0.2) is 45.8 Å². The lowest BCUT2D eigenvalue weighted by Gasteiger charge is -2.19. The van der Waals surface area contributed by atoms with Crippen LogP contribution in [-0.2, 0) is 0 Å². The highest BCUT2D eigenvalue weighted by molar-refractivity contribution is 6.39. The summed E-state index contributed by atoms with van der Waals surface area (Å²) in [6, 6.07) is 3.50. The number of likely N-dealkylation sites (tertiary alicyclic amines) is 1. The van der Waals surface area contributed by atoms with Crippen molar-refractivity contribution in [2.24, 2.45) is 4.99 Å². The molecule has 1 aromatic carbocycles. The van der Waals surface area contributed by atoms with Gasteiger partial charge in [-0.25, -0.2) is 13.8 Å². The number of ether oxygens (including phenoxy) is 1. The van der Waals surface area contributed by atoms with Gasteiger partial charge >= 0.3 is 0 Å². The lowest BCUT2D eigenvalue weighted by molar-refractivity contribution is 0.0799. The van der Waals surface area contributed by atoms with E-state index in [0.717, 1.165) is 6.07 Å². The Bertz CT molecular complexity index is 978. The summed E-state index contributed by atoms with van der Waals surface area (Å²) in [7, 11) is 0. The third-order valence-corrected chi connectivity index (χ3v) is 5.29. The first kappa shape index (κ1) is 20.5. The lowest BCUT2D eigenvalue weighted by Crippen LogP contribution is -2.31. The van der Waals surface area contributed by atoms with E-state index in [0.29, 0.717) is 22.8 Å². The molecule has 0 radical (unpaired) electrons. The Morgan fingerprint density at radius 3 is 2.93 bits per heavy atom. The number of nitrogens with zero attached hydrogens (tertiary/aromatic N) is 2. The number of aliphatic imine (C=N–C) groups is 1. The maximum Gasteiger partial charge on any atom is 0.258 e. The van der Waals surface area contributed by atoms with Gasteiger partial charge in [0.15, 0.2) is 0 Å². The molecular weight excluding hydrogens is 416 g/mol. The van der Waals surface area contributed by atoms with E-state index in [9.17, 15) is 13.6 Å². The van der Waals surface area contributed by atoms with Crippen molar-refractivity contribution in [3.63, 3.8) is 0 Å². The van der Waals surface area contributed by atoms with Crippen LogP contribution < -0.4 is 15.4 Å². The zero-order valence-corrected chi connectivity index (χ0v) is 16.7.